The van der Waals surface area contributed by atoms with E-state index in [9.17, 15) is 19.5 Å². The van der Waals surface area contributed by atoms with E-state index in [0.717, 1.165) is 17.5 Å². The van der Waals surface area contributed by atoms with Crippen molar-refractivity contribution in [3.63, 3.8) is 0 Å². The molecule has 0 aromatic heterocycles. The number of para-hydroxylation sites is 2. The van der Waals surface area contributed by atoms with Crippen molar-refractivity contribution in [2.75, 3.05) is 11.5 Å². The fourth-order valence-electron chi connectivity index (χ4n) is 6.35. The number of nitrogens with zero attached hydrogens (tertiary/aromatic N) is 1. The smallest absolute Gasteiger partial charge is 0.319 e. The molecule has 0 spiro atoms. The number of hydrogen-bond acceptors (Lipinski definition) is 4. The number of aliphatic carboxylic acids is 1. The van der Waals surface area contributed by atoms with Crippen LogP contribution in [-0.4, -0.2) is 29.5 Å². The minimum absolute atomic E-state index is 0.369. The Kier molecular flexibility index (Phi) is 4.43. The number of benzene rings is 3. The van der Waals surface area contributed by atoms with Crippen LogP contribution in [0.1, 0.15) is 41.5 Å². The summed E-state index contributed by atoms with van der Waals surface area (Å²) in [6.07, 6.45) is 0.774. The number of carboxylic acid groups (broad SMARTS) is 1. The fraction of sp³-hybridized carbons (Fsp3) is 0.250. The number of rotatable bonds is 5. The Balaban J connectivity index is 1.61. The summed E-state index contributed by atoms with van der Waals surface area (Å²) in [4.78, 5) is 42.5. The molecule has 1 heterocycles. The first-order valence-electron chi connectivity index (χ1n) is 11.5. The van der Waals surface area contributed by atoms with E-state index in [1.807, 2.05) is 31.2 Å². The number of anilines is 1. The highest BCUT2D eigenvalue weighted by Crippen LogP contribution is 2.64. The SMILES string of the molecule is CCCOc1ccccc1N1C(=O)[C@@H]2C3c4ccccc4C(C(=O)O)(c4ccccc43)[C@H]2C1=O. The van der Waals surface area contributed by atoms with Gasteiger partial charge in [-0.2, -0.15) is 0 Å². The highest BCUT2D eigenvalue weighted by Gasteiger charge is 2.71. The first kappa shape index (κ1) is 20.7. The fourth-order valence-corrected chi connectivity index (χ4v) is 6.35. The molecule has 2 amide bonds. The van der Waals surface area contributed by atoms with Gasteiger partial charge in [-0.1, -0.05) is 67.6 Å². The van der Waals surface area contributed by atoms with Gasteiger partial charge in [0.15, 0.2) is 0 Å². The molecular weight excluding hydrogens is 430 g/mol. The van der Waals surface area contributed by atoms with Crippen LogP contribution in [-0.2, 0) is 19.8 Å². The first-order valence-corrected chi connectivity index (χ1v) is 11.5. The standard InChI is InChI=1S/C28H23NO5/c1-2-15-34-21-14-8-7-13-20(21)29-25(30)23-22-16-9-3-5-11-18(16)28(27(32)33,24(23)26(29)31)19-12-6-4-10-17(19)22/h3-14,22-24H,2,15H2,1H3,(H,32,33)/t22?,23-,24-,28?/m1/s1. The van der Waals surface area contributed by atoms with Crippen molar-refractivity contribution < 1.29 is 24.2 Å². The van der Waals surface area contributed by atoms with E-state index in [1.54, 1.807) is 48.5 Å². The van der Waals surface area contributed by atoms with E-state index in [2.05, 4.69) is 0 Å². The molecule has 3 aliphatic carbocycles. The van der Waals surface area contributed by atoms with E-state index in [4.69, 9.17) is 4.74 Å². The van der Waals surface area contributed by atoms with Crippen LogP contribution in [0.5, 0.6) is 5.75 Å². The second kappa shape index (κ2) is 7.29. The van der Waals surface area contributed by atoms with Gasteiger partial charge in [0.05, 0.1) is 24.1 Å². The predicted octanol–water partition coefficient (Wildman–Crippen LogP) is 4.11. The molecule has 4 aliphatic rings. The maximum Gasteiger partial charge on any atom is 0.319 e. The molecule has 0 saturated carbocycles. The second-order valence-electron chi connectivity index (χ2n) is 9.10. The Labute approximate surface area is 196 Å². The Morgan fingerprint density at radius 2 is 1.50 bits per heavy atom. The van der Waals surface area contributed by atoms with Crippen LogP contribution in [0, 0.1) is 11.8 Å². The van der Waals surface area contributed by atoms with Crippen molar-refractivity contribution in [3.8, 4) is 5.75 Å². The summed E-state index contributed by atoms with van der Waals surface area (Å²) in [6.45, 7) is 2.42. The lowest BCUT2D eigenvalue weighted by atomic mass is 9.47. The molecule has 2 bridgehead atoms. The minimum atomic E-state index is -1.63. The van der Waals surface area contributed by atoms with Crippen LogP contribution in [0.2, 0.25) is 0 Å². The quantitative estimate of drug-likeness (QED) is 0.588. The number of hydrogen-bond donors (Lipinski definition) is 1. The Morgan fingerprint density at radius 1 is 0.912 bits per heavy atom. The monoisotopic (exact) mass is 453 g/mol. The Hall–Kier alpha value is -3.93. The number of ether oxygens (including phenoxy) is 1. The van der Waals surface area contributed by atoms with E-state index in [1.165, 1.54) is 4.90 Å². The zero-order valence-electron chi connectivity index (χ0n) is 18.6. The number of carbonyl (C=O) groups excluding carboxylic acids is 2. The van der Waals surface area contributed by atoms with Crippen LogP contribution >= 0.6 is 0 Å². The van der Waals surface area contributed by atoms with E-state index in [-0.39, 0.29) is 11.8 Å². The maximum atomic E-state index is 14.1. The van der Waals surface area contributed by atoms with E-state index >= 15 is 0 Å². The Morgan fingerprint density at radius 3 is 2.12 bits per heavy atom. The zero-order chi connectivity index (χ0) is 23.6. The molecule has 0 unspecified atom stereocenters. The van der Waals surface area contributed by atoms with Crippen LogP contribution in [0.15, 0.2) is 72.8 Å². The average Bonchev–Trinajstić information content (AvgIpc) is 3.13. The van der Waals surface area contributed by atoms with Crippen LogP contribution < -0.4 is 9.64 Å². The summed E-state index contributed by atoms with van der Waals surface area (Å²) in [6, 6.07) is 21.7. The molecule has 6 nitrogen and oxygen atoms in total. The van der Waals surface area contributed by atoms with Gasteiger partial charge in [0, 0.05) is 5.92 Å². The molecule has 3 aromatic carbocycles. The van der Waals surface area contributed by atoms with Gasteiger partial charge in [-0.15, -0.1) is 0 Å². The molecule has 170 valence electrons. The molecule has 0 radical (unpaired) electrons. The highest BCUT2D eigenvalue weighted by molar-refractivity contribution is 6.25. The van der Waals surface area contributed by atoms with Crippen molar-refractivity contribution in [2.24, 2.45) is 11.8 Å². The summed E-state index contributed by atoms with van der Waals surface area (Å²) in [5, 5.41) is 10.8. The van der Waals surface area contributed by atoms with Gasteiger partial charge in [-0.3, -0.25) is 14.4 Å². The third-order valence-corrected chi connectivity index (χ3v) is 7.52. The zero-order valence-corrected chi connectivity index (χ0v) is 18.6. The molecule has 6 heteroatoms. The summed E-state index contributed by atoms with van der Waals surface area (Å²) < 4.78 is 5.85. The third-order valence-electron chi connectivity index (χ3n) is 7.52. The Bertz CT molecular complexity index is 1310. The highest BCUT2D eigenvalue weighted by atomic mass is 16.5. The summed E-state index contributed by atoms with van der Waals surface area (Å²) in [5.41, 5.74) is 1.56. The molecule has 7 rings (SSSR count). The lowest BCUT2D eigenvalue weighted by Gasteiger charge is -2.51. The molecular formula is C28H23NO5. The minimum Gasteiger partial charge on any atom is -0.491 e. The van der Waals surface area contributed by atoms with Crippen molar-refractivity contribution in [1.82, 2.24) is 0 Å². The number of imide groups is 1. The van der Waals surface area contributed by atoms with Crippen molar-refractivity contribution in [2.45, 2.75) is 24.7 Å². The lowest BCUT2D eigenvalue weighted by Crippen LogP contribution is -2.57. The van der Waals surface area contributed by atoms with Gasteiger partial charge in [0.2, 0.25) is 11.8 Å². The van der Waals surface area contributed by atoms with E-state index < -0.39 is 29.1 Å². The summed E-state index contributed by atoms with van der Waals surface area (Å²) in [7, 11) is 0. The molecule has 1 fully saturated rings. The molecule has 2 atom stereocenters. The van der Waals surface area contributed by atoms with Gasteiger partial charge in [0.1, 0.15) is 11.2 Å². The first-order chi connectivity index (χ1) is 16.5. The number of carboxylic acids is 1. The third kappa shape index (κ3) is 2.37. The van der Waals surface area contributed by atoms with Gasteiger partial charge >= 0.3 is 5.97 Å². The van der Waals surface area contributed by atoms with Gasteiger partial charge in [0.25, 0.3) is 0 Å². The van der Waals surface area contributed by atoms with Crippen molar-refractivity contribution in [3.05, 3.63) is 95.1 Å². The van der Waals surface area contributed by atoms with Gasteiger partial charge in [-0.25, -0.2) is 4.90 Å². The normalized spacial score (nSPS) is 26.1. The van der Waals surface area contributed by atoms with Crippen LogP contribution in [0.3, 0.4) is 0 Å². The largest absolute Gasteiger partial charge is 0.491 e. The van der Waals surface area contributed by atoms with Crippen molar-refractivity contribution >= 4 is 23.5 Å². The van der Waals surface area contributed by atoms with Crippen LogP contribution in [0.25, 0.3) is 0 Å². The van der Waals surface area contributed by atoms with Gasteiger partial charge in [-0.05, 0) is 40.8 Å². The predicted molar refractivity (Wildman–Crippen MR) is 125 cm³/mol. The summed E-state index contributed by atoms with van der Waals surface area (Å²) >= 11 is 0. The molecule has 1 saturated heterocycles. The van der Waals surface area contributed by atoms with Gasteiger partial charge < -0.3 is 9.84 Å². The average molecular weight is 453 g/mol. The molecule has 1 aliphatic heterocycles. The van der Waals surface area contributed by atoms with Crippen molar-refractivity contribution in [1.29, 1.82) is 0 Å². The molecule has 34 heavy (non-hydrogen) atoms. The summed E-state index contributed by atoms with van der Waals surface area (Å²) in [5.74, 6) is -3.75. The second-order valence-corrected chi connectivity index (χ2v) is 9.10. The number of amides is 2. The topological polar surface area (TPSA) is 83.9 Å². The molecule has 1 N–H and O–H groups in total. The molecule has 3 aromatic rings. The lowest BCUT2D eigenvalue weighted by molar-refractivity contribution is -0.149. The number of carbonyl (C=O) groups is 3. The van der Waals surface area contributed by atoms with E-state index in [0.29, 0.717) is 29.2 Å². The van der Waals surface area contributed by atoms with Crippen LogP contribution in [0.4, 0.5) is 5.69 Å². The maximum absolute atomic E-state index is 14.1.